The Morgan fingerprint density at radius 1 is 1.05 bits per heavy atom. The molecule has 6 nitrogen and oxygen atoms in total. The summed E-state index contributed by atoms with van der Waals surface area (Å²) in [6.45, 7) is 6.21. The number of aromatic hydroxyl groups is 1. The van der Waals surface area contributed by atoms with E-state index in [4.69, 9.17) is 9.73 Å². The predicted octanol–water partition coefficient (Wildman–Crippen LogP) is 4.76. The van der Waals surface area contributed by atoms with Gasteiger partial charge in [-0.05, 0) is 47.7 Å². The van der Waals surface area contributed by atoms with Crippen LogP contribution in [-0.2, 0) is 9.53 Å². The molecule has 192 valence electrons. The molecule has 0 fully saturated rings. The number of hydrogen-bond acceptors (Lipinski definition) is 6. The number of phenolic OH excluding ortho intramolecular Hbond substituents is 1. The Balaban J connectivity index is 1.81. The summed E-state index contributed by atoms with van der Waals surface area (Å²) in [5, 5.41) is 9.65. The maximum Gasteiger partial charge on any atom is 0.338 e. The predicted molar refractivity (Wildman–Crippen MR) is 150 cm³/mol. The average Bonchev–Trinajstić information content (AvgIpc) is 3.24. The van der Waals surface area contributed by atoms with Crippen LogP contribution < -0.4 is 14.9 Å². The second-order valence-corrected chi connectivity index (χ2v) is 10.4. The lowest BCUT2D eigenvalue weighted by molar-refractivity contribution is -0.138. The quantitative estimate of drug-likeness (QED) is 0.369. The van der Waals surface area contributed by atoms with Crippen molar-refractivity contribution < 1.29 is 14.6 Å². The number of carbonyl (C=O) groups excluding carboxylic acids is 1. The average molecular weight is 525 g/mol. The van der Waals surface area contributed by atoms with E-state index in [2.05, 4.69) is 13.8 Å². The monoisotopic (exact) mass is 524 g/mol. The number of ether oxygens (including phenoxy) is 1. The molecule has 0 saturated heterocycles. The lowest BCUT2D eigenvalue weighted by Gasteiger charge is -2.26. The van der Waals surface area contributed by atoms with Gasteiger partial charge in [0, 0.05) is 5.56 Å². The molecule has 0 aliphatic carbocycles. The number of benzene rings is 3. The van der Waals surface area contributed by atoms with Crippen molar-refractivity contribution in [1.82, 2.24) is 4.57 Å². The molecule has 0 bridgehead atoms. The van der Waals surface area contributed by atoms with Crippen LogP contribution in [-0.4, -0.2) is 22.2 Å². The summed E-state index contributed by atoms with van der Waals surface area (Å²) in [7, 11) is 0. The van der Waals surface area contributed by atoms with Gasteiger partial charge < -0.3 is 9.84 Å². The fraction of sp³-hybridized carbons (Fsp3) is 0.194. The van der Waals surface area contributed by atoms with E-state index in [1.165, 1.54) is 16.9 Å². The number of fused-ring (bicyclic) bond motifs is 1. The molecule has 5 rings (SSSR count). The third-order valence-corrected chi connectivity index (χ3v) is 7.47. The molecular weight excluding hydrogens is 496 g/mol. The molecule has 7 heteroatoms. The molecule has 1 aliphatic rings. The zero-order valence-electron chi connectivity index (χ0n) is 21.4. The molecule has 1 atom stereocenters. The van der Waals surface area contributed by atoms with E-state index in [1.807, 2.05) is 54.6 Å². The van der Waals surface area contributed by atoms with Crippen LogP contribution in [0.4, 0.5) is 0 Å². The van der Waals surface area contributed by atoms with Gasteiger partial charge in [0.2, 0.25) is 0 Å². The third-order valence-electron chi connectivity index (χ3n) is 6.48. The highest BCUT2D eigenvalue weighted by atomic mass is 32.1. The number of rotatable bonds is 6. The second kappa shape index (κ2) is 10.6. The zero-order valence-corrected chi connectivity index (χ0v) is 22.2. The minimum atomic E-state index is -0.705. The van der Waals surface area contributed by atoms with Crippen molar-refractivity contribution in [3.63, 3.8) is 0 Å². The molecule has 3 aromatic carbocycles. The van der Waals surface area contributed by atoms with Crippen molar-refractivity contribution in [1.29, 1.82) is 0 Å². The maximum absolute atomic E-state index is 13.9. The van der Waals surface area contributed by atoms with E-state index in [-0.39, 0.29) is 17.9 Å². The third kappa shape index (κ3) is 4.85. The fourth-order valence-corrected chi connectivity index (χ4v) is 5.54. The standard InChI is InChI=1S/C31H28N2O4S/c1-4-37-30(36)26-27(22-8-6-5-7-9-22)32-31-33(28(26)23-14-12-21(13-15-23)19(2)3)29(35)25(38-31)18-20-10-16-24(34)17-11-20/h5-19,28,34H,4H2,1-3H3/b25-18-/t28-/m0/s1. The van der Waals surface area contributed by atoms with Gasteiger partial charge in [-0.2, -0.15) is 0 Å². The van der Waals surface area contributed by atoms with Crippen molar-refractivity contribution in [3.05, 3.63) is 126 Å². The summed E-state index contributed by atoms with van der Waals surface area (Å²) in [6.07, 6.45) is 1.78. The minimum absolute atomic E-state index is 0.153. The van der Waals surface area contributed by atoms with E-state index < -0.39 is 12.0 Å². The van der Waals surface area contributed by atoms with Crippen molar-refractivity contribution >= 4 is 29.1 Å². The summed E-state index contributed by atoms with van der Waals surface area (Å²) in [4.78, 5) is 32.7. The first-order chi connectivity index (χ1) is 18.4. The Morgan fingerprint density at radius 3 is 2.37 bits per heavy atom. The van der Waals surface area contributed by atoms with E-state index in [0.717, 1.165) is 16.7 Å². The molecule has 0 amide bonds. The molecule has 1 aliphatic heterocycles. The molecule has 4 aromatic rings. The summed E-state index contributed by atoms with van der Waals surface area (Å²) in [6, 6.07) is 23.5. The van der Waals surface area contributed by atoms with Crippen molar-refractivity contribution in [2.75, 3.05) is 6.61 Å². The van der Waals surface area contributed by atoms with E-state index in [1.54, 1.807) is 41.8 Å². The van der Waals surface area contributed by atoms with Gasteiger partial charge in [0.25, 0.3) is 5.56 Å². The fourth-order valence-electron chi connectivity index (χ4n) is 4.54. The highest BCUT2D eigenvalue weighted by Gasteiger charge is 2.35. The molecule has 0 unspecified atom stereocenters. The number of carbonyl (C=O) groups is 1. The SMILES string of the molecule is CCOC(=O)C1=C(c2ccccc2)N=c2s/c(=C\c3ccc(O)cc3)c(=O)n2[C@H]1c1ccc(C(C)C)cc1. The van der Waals surface area contributed by atoms with Crippen molar-refractivity contribution in [3.8, 4) is 5.75 Å². The zero-order chi connectivity index (χ0) is 26.8. The largest absolute Gasteiger partial charge is 0.508 e. The second-order valence-electron chi connectivity index (χ2n) is 9.34. The summed E-state index contributed by atoms with van der Waals surface area (Å²) in [5.74, 6) is -0.00260. The Hall–Kier alpha value is -4.23. The summed E-state index contributed by atoms with van der Waals surface area (Å²) >= 11 is 1.27. The van der Waals surface area contributed by atoms with Gasteiger partial charge in [-0.3, -0.25) is 9.36 Å². The Morgan fingerprint density at radius 2 is 1.74 bits per heavy atom. The Kier molecular flexibility index (Phi) is 7.11. The highest BCUT2D eigenvalue weighted by molar-refractivity contribution is 7.07. The van der Waals surface area contributed by atoms with Gasteiger partial charge in [0.1, 0.15) is 5.75 Å². The molecule has 2 heterocycles. The van der Waals surface area contributed by atoms with Gasteiger partial charge in [-0.1, -0.05) is 91.9 Å². The van der Waals surface area contributed by atoms with Gasteiger partial charge in [-0.15, -0.1) is 0 Å². The first kappa shape index (κ1) is 25.4. The number of phenols is 1. The van der Waals surface area contributed by atoms with Crippen LogP contribution in [0.2, 0.25) is 0 Å². The topological polar surface area (TPSA) is 80.9 Å². The lowest BCUT2D eigenvalue weighted by atomic mass is 9.91. The normalized spacial score (nSPS) is 15.4. The van der Waals surface area contributed by atoms with Gasteiger partial charge >= 0.3 is 5.97 Å². The number of aromatic nitrogens is 1. The van der Waals surface area contributed by atoms with E-state index >= 15 is 0 Å². The van der Waals surface area contributed by atoms with Crippen molar-refractivity contribution in [2.45, 2.75) is 32.7 Å². The van der Waals surface area contributed by atoms with Gasteiger partial charge in [-0.25, -0.2) is 9.79 Å². The first-order valence-electron chi connectivity index (χ1n) is 12.5. The van der Waals surface area contributed by atoms with Crippen LogP contribution in [0.1, 0.15) is 55.0 Å². The summed E-state index contributed by atoms with van der Waals surface area (Å²) in [5.41, 5.74) is 4.11. The van der Waals surface area contributed by atoms with Crippen LogP contribution in [0.25, 0.3) is 11.8 Å². The molecule has 0 saturated carbocycles. The number of esters is 1. The highest BCUT2D eigenvalue weighted by Crippen LogP contribution is 2.35. The minimum Gasteiger partial charge on any atom is -0.508 e. The Labute approximate surface area is 224 Å². The molecular formula is C31H28N2O4S. The molecule has 0 spiro atoms. The number of hydrogen-bond donors (Lipinski definition) is 1. The van der Waals surface area contributed by atoms with Crippen LogP contribution in [0.3, 0.4) is 0 Å². The Bertz CT molecular complexity index is 1680. The maximum atomic E-state index is 13.9. The molecule has 1 N–H and O–H groups in total. The van der Waals surface area contributed by atoms with E-state index in [0.29, 0.717) is 26.5 Å². The van der Waals surface area contributed by atoms with Crippen LogP contribution in [0.5, 0.6) is 5.75 Å². The first-order valence-corrected chi connectivity index (χ1v) is 13.4. The van der Waals surface area contributed by atoms with Gasteiger partial charge in [0.05, 0.1) is 28.5 Å². The molecule has 1 aromatic heterocycles. The molecule has 0 radical (unpaired) electrons. The molecule has 38 heavy (non-hydrogen) atoms. The van der Waals surface area contributed by atoms with Crippen LogP contribution in [0.15, 0.2) is 94.2 Å². The van der Waals surface area contributed by atoms with Gasteiger partial charge in [0.15, 0.2) is 4.80 Å². The smallest absolute Gasteiger partial charge is 0.338 e. The summed E-state index contributed by atoms with van der Waals surface area (Å²) < 4.78 is 7.59. The van der Waals surface area contributed by atoms with Crippen molar-refractivity contribution in [2.24, 2.45) is 4.99 Å². The van der Waals surface area contributed by atoms with E-state index in [9.17, 15) is 14.7 Å². The number of thiazole rings is 1. The number of nitrogens with zero attached hydrogens (tertiary/aromatic N) is 2. The van der Waals surface area contributed by atoms with Crippen LogP contribution >= 0.6 is 11.3 Å². The van der Waals surface area contributed by atoms with Crippen LogP contribution in [0, 0.1) is 0 Å². The lowest BCUT2D eigenvalue weighted by Crippen LogP contribution is -2.40.